The second-order valence-corrected chi connectivity index (χ2v) is 5.87. The van der Waals surface area contributed by atoms with Gasteiger partial charge in [0.15, 0.2) is 0 Å². The molecule has 3 heteroatoms. The number of piperazine rings is 1. The van der Waals surface area contributed by atoms with Crippen LogP contribution in [0.3, 0.4) is 0 Å². The number of benzene rings is 1. The van der Waals surface area contributed by atoms with Crippen molar-refractivity contribution in [3.63, 3.8) is 0 Å². The lowest BCUT2D eigenvalue weighted by molar-refractivity contribution is 0.244. The van der Waals surface area contributed by atoms with Gasteiger partial charge in [-0.05, 0) is 42.9 Å². The second-order valence-electron chi connectivity index (χ2n) is 5.87. The molecule has 3 nitrogen and oxygen atoms in total. The van der Waals surface area contributed by atoms with E-state index in [1.807, 2.05) is 6.92 Å². The van der Waals surface area contributed by atoms with Crippen LogP contribution in [-0.4, -0.2) is 42.7 Å². The summed E-state index contributed by atoms with van der Waals surface area (Å²) in [6.45, 7) is 9.85. The van der Waals surface area contributed by atoms with Crippen LogP contribution in [0.4, 0.5) is 0 Å². The molecule has 20 heavy (non-hydrogen) atoms. The van der Waals surface area contributed by atoms with Crippen molar-refractivity contribution in [1.29, 1.82) is 0 Å². The first-order valence-electron chi connectivity index (χ1n) is 7.95. The minimum atomic E-state index is 0.504. The summed E-state index contributed by atoms with van der Waals surface area (Å²) in [5.41, 5.74) is 3.51. The molecule has 0 amide bonds. The zero-order valence-corrected chi connectivity index (χ0v) is 12.9. The molecule has 0 spiro atoms. The number of aromatic hydroxyl groups is 1. The van der Waals surface area contributed by atoms with Crippen LogP contribution >= 0.6 is 0 Å². The first kappa shape index (κ1) is 15.3. The van der Waals surface area contributed by atoms with Gasteiger partial charge in [-0.15, -0.1) is 0 Å². The molecule has 2 rings (SSSR count). The Morgan fingerprint density at radius 3 is 2.65 bits per heavy atom. The number of phenols is 1. The average molecular weight is 276 g/mol. The summed E-state index contributed by atoms with van der Waals surface area (Å²) < 4.78 is 0. The normalized spacial score (nSPS) is 16.5. The number of rotatable bonds is 6. The van der Waals surface area contributed by atoms with Crippen molar-refractivity contribution in [2.24, 2.45) is 0 Å². The molecule has 0 unspecified atom stereocenters. The Labute approximate surface area is 123 Å². The average Bonchev–Trinajstić information content (AvgIpc) is 2.48. The van der Waals surface area contributed by atoms with E-state index in [2.05, 4.69) is 29.3 Å². The van der Waals surface area contributed by atoms with E-state index in [0.717, 1.165) is 63.1 Å². The van der Waals surface area contributed by atoms with Crippen molar-refractivity contribution < 1.29 is 5.11 Å². The molecule has 0 aliphatic carbocycles. The van der Waals surface area contributed by atoms with Crippen molar-refractivity contribution >= 4 is 0 Å². The molecule has 112 valence electrons. The number of nitrogens with zero attached hydrogens (tertiary/aromatic N) is 1. The lowest BCUT2D eigenvalue weighted by Gasteiger charge is -2.27. The van der Waals surface area contributed by atoms with Crippen LogP contribution in [0, 0.1) is 6.92 Å². The van der Waals surface area contributed by atoms with Gasteiger partial charge in [0, 0.05) is 32.7 Å². The molecule has 1 saturated heterocycles. The second kappa shape index (κ2) is 7.65. The molecule has 0 aromatic heterocycles. The minimum absolute atomic E-state index is 0.504. The van der Waals surface area contributed by atoms with Crippen LogP contribution in [0.15, 0.2) is 12.1 Å². The van der Waals surface area contributed by atoms with Gasteiger partial charge in [-0.3, -0.25) is 0 Å². The Balaban J connectivity index is 1.97. The van der Waals surface area contributed by atoms with Gasteiger partial charge in [0.2, 0.25) is 0 Å². The smallest absolute Gasteiger partial charge is 0.121 e. The molecule has 1 heterocycles. The maximum atomic E-state index is 10.1. The zero-order valence-electron chi connectivity index (χ0n) is 12.9. The molecule has 0 radical (unpaired) electrons. The lowest BCUT2D eigenvalue weighted by Crippen LogP contribution is -2.44. The third kappa shape index (κ3) is 4.22. The van der Waals surface area contributed by atoms with E-state index in [-0.39, 0.29) is 0 Å². The third-order valence-corrected chi connectivity index (χ3v) is 4.17. The van der Waals surface area contributed by atoms with E-state index in [0.29, 0.717) is 5.75 Å². The van der Waals surface area contributed by atoms with E-state index >= 15 is 0 Å². The largest absolute Gasteiger partial charge is 0.507 e. The Morgan fingerprint density at radius 2 is 1.95 bits per heavy atom. The monoisotopic (exact) mass is 276 g/mol. The van der Waals surface area contributed by atoms with Gasteiger partial charge in [-0.1, -0.05) is 25.5 Å². The maximum absolute atomic E-state index is 10.1. The minimum Gasteiger partial charge on any atom is -0.507 e. The summed E-state index contributed by atoms with van der Waals surface area (Å²) in [6.07, 6.45) is 4.39. The number of hydrogen-bond acceptors (Lipinski definition) is 3. The van der Waals surface area contributed by atoms with Gasteiger partial charge in [0.25, 0.3) is 0 Å². The van der Waals surface area contributed by atoms with Crippen LogP contribution < -0.4 is 5.32 Å². The van der Waals surface area contributed by atoms with Gasteiger partial charge < -0.3 is 15.3 Å². The first-order chi connectivity index (χ1) is 9.70. The fourth-order valence-electron chi connectivity index (χ4n) is 2.86. The van der Waals surface area contributed by atoms with Crippen LogP contribution in [0.25, 0.3) is 0 Å². The number of hydrogen-bond donors (Lipinski definition) is 2. The van der Waals surface area contributed by atoms with Gasteiger partial charge in [-0.2, -0.15) is 0 Å². The van der Waals surface area contributed by atoms with Crippen molar-refractivity contribution in [2.75, 3.05) is 32.7 Å². The molecule has 0 bridgehead atoms. The number of aryl methyl sites for hydroxylation is 2. The van der Waals surface area contributed by atoms with Crippen molar-refractivity contribution in [2.45, 2.75) is 39.5 Å². The molecule has 1 fully saturated rings. The van der Waals surface area contributed by atoms with Crippen LogP contribution in [0.5, 0.6) is 5.75 Å². The highest BCUT2D eigenvalue weighted by Gasteiger charge is 2.11. The molecule has 0 atom stereocenters. The molecule has 1 aromatic carbocycles. The van der Waals surface area contributed by atoms with E-state index in [1.54, 1.807) is 0 Å². The summed E-state index contributed by atoms with van der Waals surface area (Å²) in [6, 6.07) is 4.35. The Bertz CT molecular complexity index is 425. The van der Waals surface area contributed by atoms with Crippen LogP contribution in [-0.2, 0) is 12.8 Å². The zero-order chi connectivity index (χ0) is 14.4. The fourth-order valence-corrected chi connectivity index (χ4v) is 2.86. The first-order valence-corrected chi connectivity index (χ1v) is 7.95. The third-order valence-electron chi connectivity index (χ3n) is 4.17. The van der Waals surface area contributed by atoms with E-state index in [9.17, 15) is 5.11 Å². The summed E-state index contributed by atoms with van der Waals surface area (Å²) in [5.74, 6) is 0.504. The quantitative estimate of drug-likeness (QED) is 0.838. The predicted octanol–water partition coefficient (Wildman–Crippen LogP) is 2.49. The maximum Gasteiger partial charge on any atom is 0.121 e. The number of nitrogens with one attached hydrogen (secondary N) is 1. The van der Waals surface area contributed by atoms with Crippen LogP contribution in [0.2, 0.25) is 0 Å². The Hall–Kier alpha value is -1.06. The van der Waals surface area contributed by atoms with E-state index < -0.39 is 0 Å². The van der Waals surface area contributed by atoms with E-state index in [1.165, 1.54) is 12.0 Å². The molecular weight excluding hydrogens is 248 g/mol. The van der Waals surface area contributed by atoms with E-state index in [4.69, 9.17) is 0 Å². The Morgan fingerprint density at radius 1 is 1.20 bits per heavy atom. The summed E-state index contributed by atoms with van der Waals surface area (Å²) in [5, 5.41) is 13.5. The summed E-state index contributed by atoms with van der Waals surface area (Å²) in [7, 11) is 0. The van der Waals surface area contributed by atoms with Crippen LogP contribution in [0.1, 0.15) is 36.5 Å². The lowest BCUT2D eigenvalue weighted by atomic mass is 9.99. The highest BCUT2D eigenvalue weighted by Crippen LogP contribution is 2.26. The predicted molar refractivity (Wildman–Crippen MR) is 84.5 cm³/mol. The van der Waals surface area contributed by atoms with Crippen molar-refractivity contribution in [1.82, 2.24) is 10.2 Å². The molecule has 1 aliphatic rings. The number of phenolic OH excluding ortho intramolecular Hbond substituents is 1. The molecule has 0 saturated carbocycles. The standard InChI is InChI=1S/C17H28N2O/c1-3-4-5-16-13-15(12-14(2)17(16)20)6-9-19-10-7-18-8-11-19/h12-13,18,20H,3-11H2,1-2H3. The van der Waals surface area contributed by atoms with Gasteiger partial charge in [-0.25, -0.2) is 0 Å². The molecule has 1 aromatic rings. The fraction of sp³-hybridized carbons (Fsp3) is 0.647. The topological polar surface area (TPSA) is 35.5 Å². The van der Waals surface area contributed by atoms with Crippen molar-refractivity contribution in [3.05, 3.63) is 28.8 Å². The summed E-state index contributed by atoms with van der Waals surface area (Å²) in [4.78, 5) is 2.52. The Kier molecular flexibility index (Phi) is 5.86. The highest BCUT2D eigenvalue weighted by molar-refractivity contribution is 5.43. The summed E-state index contributed by atoms with van der Waals surface area (Å²) >= 11 is 0. The van der Waals surface area contributed by atoms with Gasteiger partial charge >= 0.3 is 0 Å². The number of unbranched alkanes of at least 4 members (excludes halogenated alkanes) is 1. The highest BCUT2D eigenvalue weighted by atomic mass is 16.3. The molecule has 1 aliphatic heterocycles. The molecule has 2 N–H and O–H groups in total. The molecular formula is C17H28N2O. The van der Waals surface area contributed by atoms with Gasteiger partial charge in [0.05, 0.1) is 0 Å². The van der Waals surface area contributed by atoms with Crippen molar-refractivity contribution in [3.8, 4) is 5.75 Å². The SMILES string of the molecule is CCCCc1cc(CCN2CCNCC2)cc(C)c1O. The van der Waals surface area contributed by atoms with Gasteiger partial charge in [0.1, 0.15) is 5.75 Å².